The number of hydrogen-bond donors (Lipinski definition) is 2. The van der Waals surface area contributed by atoms with Crippen molar-refractivity contribution >= 4 is 24.2 Å². The molecule has 0 aliphatic carbocycles. The van der Waals surface area contributed by atoms with Gasteiger partial charge in [-0.3, -0.25) is 4.99 Å². The average molecular weight is 298 g/mol. The number of allylic oxidation sites excluding steroid dienone is 1. The molecule has 0 amide bonds. The number of benzene rings is 1. The second-order valence-electron chi connectivity index (χ2n) is 3.88. The summed E-state index contributed by atoms with van der Waals surface area (Å²) < 4.78 is 0. The smallest absolute Gasteiger partial charge is 0.862 e. The van der Waals surface area contributed by atoms with E-state index in [-0.39, 0.29) is 64.2 Å². The van der Waals surface area contributed by atoms with Crippen molar-refractivity contribution in [2.24, 2.45) is 4.99 Å². The van der Waals surface area contributed by atoms with Gasteiger partial charge in [0, 0.05) is 6.21 Å². The normalized spacial score (nSPS) is 12.2. The Hall–Kier alpha value is -0.794. The van der Waals surface area contributed by atoms with Crippen molar-refractivity contribution in [1.82, 2.24) is 0 Å². The molecule has 0 spiro atoms. The van der Waals surface area contributed by atoms with Gasteiger partial charge in [0.25, 0.3) is 0 Å². The maximum absolute atomic E-state index is 10.9. The minimum atomic E-state index is -1.09. The molecule has 0 aromatic heterocycles. The van der Waals surface area contributed by atoms with Crippen LogP contribution < -0.4 is 56.5 Å². The van der Waals surface area contributed by atoms with Gasteiger partial charge in [-0.2, -0.15) is 0 Å². The molecule has 0 fully saturated rings. The van der Waals surface area contributed by atoms with Crippen molar-refractivity contribution in [3.8, 4) is 0 Å². The van der Waals surface area contributed by atoms with Gasteiger partial charge in [-0.1, -0.05) is 36.4 Å². The summed E-state index contributed by atoms with van der Waals surface area (Å²) in [5.74, 6) is -1.87. The fourth-order valence-corrected chi connectivity index (χ4v) is 1.40. The molecule has 0 saturated carbocycles. The van der Waals surface area contributed by atoms with Crippen LogP contribution in [-0.2, 0) is 4.79 Å². The first-order valence-electron chi connectivity index (χ1n) is 5.81. The van der Waals surface area contributed by atoms with E-state index < -0.39 is 17.9 Å². The van der Waals surface area contributed by atoms with E-state index in [1.165, 1.54) is 6.21 Å². The summed E-state index contributed by atoms with van der Waals surface area (Å²) in [6, 6.07) is 8.56. The van der Waals surface area contributed by atoms with E-state index in [0.29, 0.717) is 0 Å². The first-order valence-corrected chi connectivity index (χ1v) is 5.81. The van der Waals surface area contributed by atoms with Crippen LogP contribution in [0, 0.1) is 5.41 Å². The molecule has 0 aliphatic rings. The van der Waals surface area contributed by atoms with Crippen LogP contribution in [0.2, 0.25) is 0 Å². The van der Waals surface area contributed by atoms with Gasteiger partial charge >= 0.3 is 57.4 Å². The zero-order chi connectivity index (χ0) is 14.1. The first-order chi connectivity index (χ1) is 9.09. The van der Waals surface area contributed by atoms with Crippen LogP contribution in [0.25, 0.3) is 6.08 Å². The molecule has 1 atom stereocenters. The third-order valence-corrected chi connectivity index (χ3v) is 2.37. The van der Waals surface area contributed by atoms with E-state index in [4.69, 9.17) is 10.5 Å². The molecule has 0 aliphatic heterocycles. The van der Waals surface area contributed by atoms with Crippen molar-refractivity contribution < 1.29 is 66.4 Å². The van der Waals surface area contributed by atoms with Gasteiger partial charge in [0.2, 0.25) is 0 Å². The predicted molar refractivity (Wildman–Crippen MR) is 72.4 cm³/mol. The van der Waals surface area contributed by atoms with Crippen molar-refractivity contribution in [2.45, 2.75) is 18.9 Å². The number of aliphatic carboxylic acids is 1. The van der Waals surface area contributed by atoms with E-state index in [1.807, 2.05) is 30.3 Å². The molecular weight excluding hydrogens is 283 g/mol. The molecule has 0 heterocycles. The summed E-state index contributed by atoms with van der Waals surface area (Å²) in [7, 11) is 0. The van der Waals surface area contributed by atoms with Crippen LogP contribution in [0.5, 0.6) is 0 Å². The number of aliphatic imine (C=N–C) groups is 1. The molecule has 1 aromatic carbocycles. The molecule has 0 radical (unpaired) electrons. The van der Waals surface area contributed by atoms with Crippen LogP contribution in [0.4, 0.5) is 0 Å². The van der Waals surface area contributed by atoms with Gasteiger partial charge < -0.3 is 15.6 Å². The fraction of sp³-hybridized carbons (Fsp3) is 0.214. The third kappa shape index (κ3) is 8.39. The van der Waals surface area contributed by atoms with Gasteiger partial charge in [-0.25, -0.2) is 4.79 Å². The van der Waals surface area contributed by atoms with E-state index >= 15 is 0 Å². The number of carboxylic acids is 1. The summed E-state index contributed by atoms with van der Waals surface area (Å²) >= 11 is 0. The van der Waals surface area contributed by atoms with Crippen molar-refractivity contribution in [2.75, 3.05) is 0 Å². The molecule has 5 nitrogen and oxygen atoms in total. The van der Waals surface area contributed by atoms with Crippen LogP contribution in [-0.4, -0.2) is 29.2 Å². The Morgan fingerprint density at radius 2 is 2.05 bits per heavy atom. The topological polar surface area (TPSA) is 96.6 Å². The van der Waals surface area contributed by atoms with Crippen LogP contribution in [0.1, 0.15) is 18.4 Å². The molecule has 6 heteroatoms. The number of rotatable bonds is 7. The van der Waals surface area contributed by atoms with Gasteiger partial charge in [0.1, 0.15) is 6.04 Å². The molecule has 2 N–H and O–H groups in total. The summed E-state index contributed by atoms with van der Waals surface area (Å²) in [5, 5.41) is 26.1. The summed E-state index contributed by atoms with van der Waals surface area (Å²) in [4.78, 5) is 14.7. The Morgan fingerprint density at radius 3 is 2.60 bits per heavy atom. The fourth-order valence-electron chi connectivity index (χ4n) is 1.40. The Labute approximate surface area is 160 Å². The van der Waals surface area contributed by atoms with E-state index in [2.05, 4.69) is 4.99 Å². The van der Waals surface area contributed by atoms with E-state index in [0.717, 1.165) is 5.56 Å². The average Bonchev–Trinajstić information content (AvgIpc) is 2.38. The SMILES string of the molecule is N=C([O-])CCC(N=C/C=C/c1ccccc1)C(=O)O.[K+]. The van der Waals surface area contributed by atoms with Crippen molar-refractivity contribution in [1.29, 1.82) is 5.41 Å². The zero-order valence-electron chi connectivity index (χ0n) is 11.3. The summed E-state index contributed by atoms with van der Waals surface area (Å²) in [6.07, 6.45) is 4.80. The molecule has 1 aromatic rings. The second-order valence-corrected chi connectivity index (χ2v) is 3.88. The number of nitrogens with one attached hydrogen (secondary N) is 1. The molecule has 0 bridgehead atoms. The van der Waals surface area contributed by atoms with Crippen molar-refractivity contribution in [3.05, 3.63) is 42.0 Å². The first kappa shape index (κ1) is 19.2. The largest absolute Gasteiger partial charge is 1.00 e. The number of carbonyl (C=O) groups is 1. The van der Waals surface area contributed by atoms with Crippen LogP contribution >= 0.6 is 0 Å². The van der Waals surface area contributed by atoms with Gasteiger partial charge in [0.05, 0.1) is 0 Å². The molecule has 0 saturated heterocycles. The Kier molecular flexibility index (Phi) is 10.5. The summed E-state index contributed by atoms with van der Waals surface area (Å²) in [5.41, 5.74) is 0.988. The van der Waals surface area contributed by atoms with Crippen LogP contribution in [0.3, 0.4) is 0 Å². The van der Waals surface area contributed by atoms with Gasteiger partial charge in [-0.05, 0) is 30.4 Å². The van der Waals surface area contributed by atoms with E-state index in [1.54, 1.807) is 12.2 Å². The van der Waals surface area contributed by atoms with E-state index in [9.17, 15) is 9.90 Å². The number of hydrogen-bond acceptors (Lipinski definition) is 4. The Morgan fingerprint density at radius 1 is 1.40 bits per heavy atom. The van der Waals surface area contributed by atoms with Crippen molar-refractivity contribution in [3.63, 3.8) is 0 Å². The van der Waals surface area contributed by atoms with Crippen LogP contribution in [0.15, 0.2) is 41.4 Å². The standard InChI is InChI=1S/C14H16N2O3.K/c15-13(17)9-8-12(14(18)19)16-10-4-7-11-5-2-1-3-6-11;/h1-7,10,12H,8-9H2,(H2,15,17)(H,18,19);/q;+1/p-1/b7-4+,16-10?;. The monoisotopic (exact) mass is 298 g/mol. The molecule has 1 unspecified atom stereocenters. The third-order valence-electron chi connectivity index (χ3n) is 2.37. The molecule has 1 rings (SSSR count). The zero-order valence-corrected chi connectivity index (χ0v) is 14.4. The van der Waals surface area contributed by atoms with Gasteiger partial charge in [0.15, 0.2) is 0 Å². The molecular formula is C14H15KN2O3. The maximum atomic E-state index is 10.9. The number of nitrogens with zero attached hydrogens (tertiary/aromatic N) is 1. The summed E-state index contributed by atoms with van der Waals surface area (Å²) in [6.45, 7) is 0. The minimum absolute atomic E-state index is 0. The molecule has 100 valence electrons. The number of carboxylic acid groups (broad SMARTS) is 1. The predicted octanol–water partition coefficient (Wildman–Crippen LogP) is -1.65. The second kappa shape index (κ2) is 10.9. The maximum Gasteiger partial charge on any atom is 1.00 e. The quantitative estimate of drug-likeness (QED) is 0.358. The minimum Gasteiger partial charge on any atom is -0.862 e. The molecule has 20 heavy (non-hydrogen) atoms. The Bertz CT molecular complexity index is 486. The Balaban J connectivity index is 0.00000361. The van der Waals surface area contributed by atoms with Gasteiger partial charge in [-0.15, -0.1) is 0 Å².